The number of carboxylic acids is 1. The van der Waals surface area contributed by atoms with Crippen molar-refractivity contribution in [3.63, 3.8) is 0 Å². The van der Waals surface area contributed by atoms with E-state index in [1.807, 2.05) is 20.8 Å². The highest BCUT2D eigenvalue weighted by Crippen LogP contribution is 2.13. The third kappa shape index (κ3) is 2.21. The molecule has 2 heteroatoms. The third-order valence-electron chi connectivity index (χ3n) is 1.78. The second kappa shape index (κ2) is 3.40. The average molecular weight is 142 g/mol. The standard InChI is InChI=1S/C8H14O2/c1-5(2)6(3)7(4)8(9)10/h5H,1-4H3,(H,9,10)/b7-6-. The largest absolute Gasteiger partial charge is 0.478 e. The van der Waals surface area contributed by atoms with E-state index in [0.717, 1.165) is 5.57 Å². The maximum Gasteiger partial charge on any atom is 0.331 e. The summed E-state index contributed by atoms with van der Waals surface area (Å²) in [5, 5.41) is 8.54. The van der Waals surface area contributed by atoms with E-state index in [0.29, 0.717) is 11.5 Å². The van der Waals surface area contributed by atoms with Gasteiger partial charge in [0, 0.05) is 5.57 Å². The fourth-order valence-electron chi connectivity index (χ4n) is 0.602. The van der Waals surface area contributed by atoms with Crippen molar-refractivity contribution in [2.75, 3.05) is 0 Å². The maximum atomic E-state index is 10.4. The lowest BCUT2D eigenvalue weighted by atomic mass is 10.0. The third-order valence-corrected chi connectivity index (χ3v) is 1.78. The second-order valence-corrected chi connectivity index (χ2v) is 2.77. The molecule has 0 saturated heterocycles. The first-order valence-electron chi connectivity index (χ1n) is 3.37. The number of aliphatic carboxylic acids is 1. The molecule has 2 nitrogen and oxygen atoms in total. The van der Waals surface area contributed by atoms with Gasteiger partial charge in [0.05, 0.1) is 0 Å². The molecule has 0 unspecified atom stereocenters. The molecule has 0 spiro atoms. The molecule has 0 aliphatic carbocycles. The molecule has 0 aliphatic heterocycles. The minimum atomic E-state index is -0.814. The van der Waals surface area contributed by atoms with Crippen molar-refractivity contribution in [2.45, 2.75) is 27.7 Å². The Labute approximate surface area is 61.6 Å². The first-order chi connectivity index (χ1) is 4.46. The molecule has 1 N–H and O–H groups in total. The Kier molecular flexibility index (Phi) is 3.13. The van der Waals surface area contributed by atoms with Gasteiger partial charge in [-0.2, -0.15) is 0 Å². The summed E-state index contributed by atoms with van der Waals surface area (Å²) in [4.78, 5) is 10.4. The summed E-state index contributed by atoms with van der Waals surface area (Å²) in [5.41, 5.74) is 1.42. The summed E-state index contributed by atoms with van der Waals surface area (Å²) in [6, 6.07) is 0. The summed E-state index contributed by atoms with van der Waals surface area (Å²) >= 11 is 0. The van der Waals surface area contributed by atoms with Crippen molar-refractivity contribution in [1.29, 1.82) is 0 Å². The van der Waals surface area contributed by atoms with Crippen molar-refractivity contribution in [1.82, 2.24) is 0 Å². The molecule has 0 aromatic carbocycles. The smallest absolute Gasteiger partial charge is 0.331 e. The van der Waals surface area contributed by atoms with Crippen LogP contribution in [0.2, 0.25) is 0 Å². The molecule has 58 valence electrons. The summed E-state index contributed by atoms with van der Waals surface area (Å²) in [5.74, 6) is -0.484. The molecule has 0 rings (SSSR count). The van der Waals surface area contributed by atoms with Crippen LogP contribution in [0, 0.1) is 5.92 Å². The lowest BCUT2D eigenvalue weighted by molar-refractivity contribution is -0.132. The van der Waals surface area contributed by atoms with Gasteiger partial charge in [-0.05, 0) is 19.8 Å². The highest BCUT2D eigenvalue weighted by Gasteiger charge is 2.06. The van der Waals surface area contributed by atoms with E-state index in [4.69, 9.17) is 5.11 Å². The van der Waals surface area contributed by atoms with Crippen LogP contribution in [0.3, 0.4) is 0 Å². The van der Waals surface area contributed by atoms with Gasteiger partial charge in [0.1, 0.15) is 0 Å². The Hall–Kier alpha value is -0.790. The van der Waals surface area contributed by atoms with E-state index in [-0.39, 0.29) is 0 Å². The summed E-state index contributed by atoms with van der Waals surface area (Å²) in [6.45, 7) is 7.47. The lowest BCUT2D eigenvalue weighted by Crippen LogP contribution is -2.02. The van der Waals surface area contributed by atoms with Crippen molar-refractivity contribution in [2.24, 2.45) is 5.92 Å². The highest BCUT2D eigenvalue weighted by atomic mass is 16.4. The summed E-state index contributed by atoms with van der Waals surface area (Å²) < 4.78 is 0. The summed E-state index contributed by atoms with van der Waals surface area (Å²) in [7, 11) is 0. The molecule has 0 atom stereocenters. The maximum absolute atomic E-state index is 10.4. The monoisotopic (exact) mass is 142 g/mol. The number of carbonyl (C=O) groups is 1. The van der Waals surface area contributed by atoms with Gasteiger partial charge >= 0.3 is 5.97 Å². The van der Waals surface area contributed by atoms with Crippen LogP contribution in [-0.2, 0) is 4.79 Å². The van der Waals surface area contributed by atoms with E-state index in [1.54, 1.807) is 6.92 Å². The molecule has 0 heterocycles. The molecule has 0 aromatic rings. The minimum absolute atomic E-state index is 0.330. The molecule has 0 fully saturated rings. The van der Waals surface area contributed by atoms with Gasteiger partial charge in [-0.25, -0.2) is 4.79 Å². The number of carboxylic acid groups (broad SMARTS) is 1. The molecule has 0 aliphatic rings. The Balaban J connectivity index is 4.50. The molecule has 0 amide bonds. The van der Waals surface area contributed by atoms with Gasteiger partial charge in [0.2, 0.25) is 0 Å². The molecule has 0 saturated carbocycles. The Morgan fingerprint density at radius 3 is 1.80 bits per heavy atom. The second-order valence-electron chi connectivity index (χ2n) is 2.77. The van der Waals surface area contributed by atoms with E-state index >= 15 is 0 Å². The Bertz CT molecular complexity index is 166. The van der Waals surface area contributed by atoms with Gasteiger partial charge in [0.15, 0.2) is 0 Å². The fourth-order valence-corrected chi connectivity index (χ4v) is 0.602. The molecular formula is C8H14O2. The van der Waals surface area contributed by atoms with Crippen molar-refractivity contribution in [3.05, 3.63) is 11.1 Å². The SMILES string of the molecule is C/C(C(=O)O)=C(\C)C(C)C. The zero-order chi connectivity index (χ0) is 8.31. The Morgan fingerprint density at radius 2 is 1.70 bits per heavy atom. The lowest BCUT2D eigenvalue weighted by Gasteiger charge is -2.06. The van der Waals surface area contributed by atoms with Crippen LogP contribution in [0.5, 0.6) is 0 Å². The van der Waals surface area contributed by atoms with Crippen LogP contribution in [0.25, 0.3) is 0 Å². The van der Waals surface area contributed by atoms with Crippen molar-refractivity contribution >= 4 is 5.97 Å². The number of allylic oxidation sites excluding steroid dienone is 1. The quantitative estimate of drug-likeness (QED) is 0.599. The topological polar surface area (TPSA) is 37.3 Å². The predicted octanol–water partition coefficient (Wildman–Crippen LogP) is 2.06. The summed E-state index contributed by atoms with van der Waals surface area (Å²) in [6.07, 6.45) is 0. The van der Waals surface area contributed by atoms with Crippen molar-refractivity contribution in [3.8, 4) is 0 Å². The first kappa shape index (κ1) is 9.21. The number of hydrogen-bond donors (Lipinski definition) is 1. The van der Waals surface area contributed by atoms with E-state index in [1.165, 1.54) is 0 Å². The van der Waals surface area contributed by atoms with Crippen molar-refractivity contribution < 1.29 is 9.90 Å². The van der Waals surface area contributed by atoms with Crippen LogP contribution in [-0.4, -0.2) is 11.1 Å². The normalized spacial score (nSPS) is 13.3. The van der Waals surface area contributed by atoms with E-state index in [2.05, 4.69) is 0 Å². The van der Waals surface area contributed by atoms with Crippen LogP contribution in [0.15, 0.2) is 11.1 Å². The van der Waals surface area contributed by atoms with Gasteiger partial charge in [0.25, 0.3) is 0 Å². The van der Waals surface area contributed by atoms with Crippen LogP contribution >= 0.6 is 0 Å². The van der Waals surface area contributed by atoms with Crippen LogP contribution in [0.4, 0.5) is 0 Å². The first-order valence-corrected chi connectivity index (χ1v) is 3.37. The molecule has 10 heavy (non-hydrogen) atoms. The fraction of sp³-hybridized carbons (Fsp3) is 0.625. The molecule has 0 aromatic heterocycles. The van der Waals surface area contributed by atoms with Gasteiger partial charge in [-0.1, -0.05) is 19.4 Å². The number of rotatable bonds is 2. The number of hydrogen-bond acceptors (Lipinski definition) is 1. The molecule has 0 bridgehead atoms. The average Bonchev–Trinajstić information content (AvgIpc) is 1.84. The van der Waals surface area contributed by atoms with Gasteiger partial charge < -0.3 is 5.11 Å². The minimum Gasteiger partial charge on any atom is -0.478 e. The predicted molar refractivity (Wildman–Crippen MR) is 40.8 cm³/mol. The van der Waals surface area contributed by atoms with Gasteiger partial charge in [-0.3, -0.25) is 0 Å². The van der Waals surface area contributed by atoms with Crippen LogP contribution < -0.4 is 0 Å². The van der Waals surface area contributed by atoms with Crippen LogP contribution in [0.1, 0.15) is 27.7 Å². The zero-order valence-corrected chi connectivity index (χ0v) is 6.93. The molecular weight excluding hydrogens is 128 g/mol. The van der Waals surface area contributed by atoms with E-state index in [9.17, 15) is 4.79 Å². The molecule has 0 radical (unpaired) electrons. The van der Waals surface area contributed by atoms with Gasteiger partial charge in [-0.15, -0.1) is 0 Å². The zero-order valence-electron chi connectivity index (χ0n) is 6.93. The highest BCUT2D eigenvalue weighted by molar-refractivity contribution is 5.86. The van der Waals surface area contributed by atoms with E-state index < -0.39 is 5.97 Å². The Morgan fingerprint density at radius 1 is 1.30 bits per heavy atom.